The minimum absolute atomic E-state index is 0.0230. The normalized spacial score (nSPS) is 12.6. The predicted molar refractivity (Wildman–Crippen MR) is 128 cm³/mol. The zero-order chi connectivity index (χ0) is 25.4. The second-order valence-electron chi connectivity index (χ2n) is 7.94. The van der Waals surface area contributed by atoms with Crippen LogP contribution < -0.4 is 14.2 Å². The molecule has 0 fully saturated rings. The Kier molecular flexibility index (Phi) is 9.41. The number of rotatable bonds is 12. The molecule has 2 aromatic carbocycles. The number of aliphatic hydroxyl groups is 1. The Hall–Kier alpha value is -2.76. The third-order valence-electron chi connectivity index (χ3n) is 5.06. The topological polar surface area (TPSA) is 69.0 Å². The van der Waals surface area contributed by atoms with Crippen LogP contribution >= 0.6 is 15.9 Å². The molecule has 3 aromatic rings. The van der Waals surface area contributed by atoms with Crippen LogP contribution in [0.15, 0.2) is 59.6 Å². The number of halogens is 4. The molecule has 0 saturated heterocycles. The van der Waals surface area contributed by atoms with Crippen LogP contribution in [0.3, 0.4) is 0 Å². The highest BCUT2D eigenvalue weighted by molar-refractivity contribution is 9.10. The molecule has 1 N–H and O–H groups in total. The first-order valence-electron chi connectivity index (χ1n) is 10.8. The molecule has 0 aliphatic heterocycles. The van der Waals surface area contributed by atoms with E-state index in [4.69, 9.17) is 14.2 Å². The average molecular weight is 558 g/mol. The summed E-state index contributed by atoms with van der Waals surface area (Å²) >= 11 is 3.18. The van der Waals surface area contributed by atoms with Crippen molar-refractivity contribution < 1.29 is 32.5 Å². The summed E-state index contributed by atoms with van der Waals surface area (Å²) in [6.45, 7) is 1.72. The molecule has 7 nitrogen and oxygen atoms in total. The fourth-order valence-electron chi connectivity index (χ4n) is 3.37. The maximum atomic E-state index is 12.9. The lowest BCUT2D eigenvalue weighted by Gasteiger charge is -2.22. The lowest BCUT2D eigenvalue weighted by Crippen LogP contribution is -2.32. The number of nitrogens with zero attached hydrogens (tertiary/aromatic N) is 3. The number of ether oxygens (including phenoxy) is 3. The number of imidazole rings is 1. The molecule has 0 bridgehead atoms. The van der Waals surface area contributed by atoms with E-state index in [1.165, 1.54) is 6.07 Å². The van der Waals surface area contributed by atoms with Crippen molar-refractivity contribution in [3.8, 4) is 17.2 Å². The molecule has 3 rings (SSSR count). The predicted octanol–water partition coefficient (Wildman–Crippen LogP) is 4.62. The van der Waals surface area contributed by atoms with Gasteiger partial charge in [-0.15, -0.1) is 0 Å². The standard InChI is InChI=1S/C24H27BrF3N3O4/c1-30(14-19(32)15-35-22-12-18(24(26,27)28)4-5-20(22)25)13-17-3-6-21(23(11-17)33-2)34-10-9-31-8-7-29-16-31/h3-8,11-12,16,19,32H,9-10,13-15H2,1-2H3. The molecular weight excluding hydrogens is 531 g/mol. The van der Waals surface area contributed by atoms with Gasteiger partial charge in [0.05, 0.1) is 30.0 Å². The summed E-state index contributed by atoms with van der Waals surface area (Å²) in [4.78, 5) is 5.87. The van der Waals surface area contributed by atoms with E-state index in [1.54, 1.807) is 19.6 Å². The van der Waals surface area contributed by atoms with Crippen LogP contribution in [0.4, 0.5) is 13.2 Å². The minimum Gasteiger partial charge on any atom is -0.493 e. The molecule has 1 atom stereocenters. The van der Waals surface area contributed by atoms with Crippen LogP contribution in [0, 0.1) is 0 Å². The van der Waals surface area contributed by atoms with Gasteiger partial charge in [0, 0.05) is 25.5 Å². The van der Waals surface area contributed by atoms with Crippen molar-refractivity contribution in [2.75, 3.05) is 33.9 Å². The number of hydrogen-bond acceptors (Lipinski definition) is 6. The number of likely N-dealkylation sites (N-methyl/N-ethyl adjacent to an activating group) is 1. The first kappa shape index (κ1) is 26.8. The smallest absolute Gasteiger partial charge is 0.416 e. The lowest BCUT2D eigenvalue weighted by molar-refractivity contribution is -0.137. The van der Waals surface area contributed by atoms with E-state index in [9.17, 15) is 18.3 Å². The third-order valence-corrected chi connectivity index (χ3v) is 5.71. The van der Waals surface area contributed by atoms with Gasteiger partial charge in [0.15, 0.2) is 11.5 Å². The first-order chi connectivity index (χ1) is 16.7. The van der Waals surface area contributed by atoms with Crippen LogP contribution in [-0.2, 0) is 19.3 Å². The van der Waals surface area contributed by atoms with E-state index in [-0.39, 0.29) is 18.9 Å². The zero-order valence-corrected chi connectivity index (χ0v) is 20.9. The molecule has 190 valence electrons. The Morgan fingerprint density at radius 2 is 1.91 bits per heavy atom. The molecule has 0 aliphatic carbocycles. The van der Waals surface area contributed by atoms with Gasteiger partial charge in [-0.2, -0.15) is 13.2 Å². The van der Waals surface area contributed by atoms with E-state index in [1.807, 2.05) is 40.9 Å². The highest BCUT2D eigenvalue weighted by atomic mass is 79.9. The van der Waals surface area contributed by atoms with Crippen molar-refractivity contribution in [1.29, 1.82) is 0 Å². The molecule has 35 heavy (non-hydrogen) atoms. The molecule has 0 spiro atoms. The summed E-state index contributed by atoms with van der Waals surface area (Å²) in [6, 6.07) is 8.76. The second-order valence-corrected chi connectivity index (χ2v) is 8.79. The quantitative estimate of drug-likeness (QED) is 0.350. The minimum atomic E-state index is -4.47. The molecule has 0 saturated carbocycles. The Balaban J connectivity index is 1.50. The van der Waals surface area contributed by atoms with Crippen LogP contribution in [-0.4, -0.2) is 59.6 Å². The number of methoxy groups -OCH3 is 1. The summed E-state index contributed by atoms with van der Waals surface area (Å²) in [6.07, 6.45) is -0.0953. The van der Waals surface area contributed by atoms with E-state index in [2.05, 4.69) is 20.9 Å². The summed E-state index contributed by atoms with van der Waals surface area (Å²) in [7, 11) is 3.39. The van der Waals surface area contributed by atoms with Crippen molar-refractivity contribution in [2.24, 2.45) is 0 Å². The molecule has 0 aliphatic rings. The van der Waals surface area contributed by atoms with Gasteiger partial charge >= 0.3 is 6.18 Å². The first-order valence-corrected chi connectivity index (χ1v) is 11.6. The largest absolute Gasteiger partial charge is 0.493 e. The fraction of sp³-hybridized carbons (Fsp3) is 0.375. The number of hydrogen-bond donors (Lipinski definition) is 1. The summed E-state index contributed by atoms with van der Waals surface area (Å²) in [5.41, 5.74) is 0.130. The van der Waals surface area contributed by atoms with Crippen LogP contribution in [0.5, 0.6) is 17.2 Å². The van der Waals surface area contributed by atoms with Crippen molar-refractivity contribution in [2.45, 2.75) is 25.4 Å². The molecule has 1 heterocycles. The molecular formula is C24H27BrF3N3O4. The van der Waals surface area contributed by atoms with Crippen LogP contribution in [0.1, 0.15) is 11.1 Å². The highest BCUT2D eigenvalue weighted by Gasteiger charge is 2.31. The van der Waals surface area contributed by atoms with Gasteiger partial charge in [0.1, 0.15) is 25.1 Å². The monoisotopic (exact) mass is 557 g/mol. The Morgan fingerprint density at radius 1 is 1.11 bits per heavy atom. The Bertz CT molecular complexity index is 1080. The van der Waals surface area contributed by atoms with Gasteiger partial charge in [0.25, 0.3) is 0 Å². The van der Waals surface area contributed by atoms with Gasteiger partial charge in [-0.3, -0.25) is 4.90 Å². The number of benzene rings is 2. The summed E-state index contributed by atoms with van der Waals surface area (Å²) < 4.78 is 57.8. The van der Waals surface area contributed by atoms with E-state index < -0.39 is 17.8 Å². The number of aromatic nitrogens is 2. The summed E-state index contributed by atoms with van der Waals surface area (Å²) in [5.74, 6) is 1.24. The Morgan fingerprint density at radius 3 is 2.60 bits per heavy atom. The average Bonchev–Trinajstić information content (AvgIpc) is 3.32. The van der Waals surface area contributed by atoms with E-state index >= 15 is 0 Å². The van der Waals surface area contributed by atoms with Gasteiger partial charge in [-0.25, -0.2) is 4.98 Å². The molecule has 0 radical (unpaired) electrons. The fourth-order valence-corrected chi connectivity index (χ4v) is 3.74. The number of aliphatic hydroxyl groups excluding tert-OH is 1. The van der Waals surface area contributed by atoms with Gasteiger partial charge < -0.3 is 23.9 Å². The van der Waals surface area contributed by atoms with Gasteiger partial charge in [0.2, 0.25) is 0 Å². The Labute approximate surface area is 210 Å². The van der Waals surface area contributed by atoms with Gasteiger partial charge in [-0.05, 0) is 58.9 Å². The van der Waals surface area contributed by atoms with Crippen molar-refractivity contribution in [3.05, 3.63) is 70.7 Å². The van der Waals surface area contributed by atoms with Crippen molar-refractivity contribution in [1.82, 2.24) is 14.5 Å². The molecule has 0 amide bonds. The maximum absolute atomic E-state index is 12.9. The number of alkyl halides is 3. The lowest BCUT2D eigenvalue weighted by atomic mass is 10.2. The molecule has 11 heteroatoms. The molecule has 1 unspecified atom stereocenters. The van der Waals surface area contributed by atoms with Crippen molar-refractivity contribution in [3.63, 3.8) is 0 Å². The molecule has 1 aromatic heterocycles. The van der Waals surface area contributed by atoms with Gasteiger partial charge in [-0.1, -0.05) is 6.07 Å². The van der Waals surface area contributed by atoms with Crippen molar-refractivity contribution >= 4 is 15.9 Å². The summed E-state index contributed by atoms with van der Waals surface area (Å²) in [5, 5.41) is 10.3. The second kappa shape index (κ2) is 12.3. The highest BCUT2D eigenvalue weighted by Crippen LogP contribution is 2.35. The van der Waals surface area contributed by atoms with E-state index in [0.29, 0.717) is 35.7 Å². The van der Waals surface area contributed by atoms with E-state index in [0.717, 1.165) is 17.7 Å². The van der Waals surface area contributed by atoms with Crippen LogP contribution in [0.25, 0.3) is 0 Å². The zero-order valence-electron chi connectivity index (χ0n) is 19.3. The maximum Gasteiger partial charge on any atom is 0.416 e. The SMILES string of the molecule is COc1cc(CN(C)CC(O)COc2cc(C(F)(F)F)ccc2Br)ccc1OCCn1ccnc1. The third kappa shape index (κ3) is 8.15. The van der Waals surface area contributed by atoms with Crippen LogP contribution in [0.2, 0.25) is 0 Å².